The normalized spacial score (nSPS) is 9.83. The molecule has 98 valence electrons. The van der Waals surface area contributed by atoms with E-state index in [2.05, 4.69) is 28.3 Å². The van der Waals surface area contributed by atoms with Crippen molar-refractivity contribution in [2.75, 3.05) is 35.6 Å². The first-order valence-electron chi connectivity index (χ1n) is 6.21. The maximum atomic E-state index is 8.64. The maximum Gasteiger partial charge on any atom is 0.223 e. The molecule has 1 aromatic heterocycles. The molecule has 0 aliphatic carbocycles. The zero-order valence-electron chi connectivity index (χ0n) is 11.0. The molecule has 0 amide bonds. The lowest BCUT2D eigenvalue weighted by molar-refractivity contribution is 0.809. The fraction of sp³-hybridized carbons (Fsp3) is 0.583. The molecule has 6 nitrogen and oxygen atoms in total. The maximum absolute atomic E-state index is 8.64. The number of hydrogen-bond acceptors (Lipinski definition) is 6. The molecule has 0 saturated carbocycles. The van der Waals surface area contributed by atoms with Crippen LogP contribution in [-0.4, -0.2) is 29.6 Å². The van der Waals surface area contributed by atoms with E-state index >= 15 is 0 Å². The molecule has 0 unspecified atom stereocenters. The summed E-state index contributed by atoms with van der Waals surface area (Å²) in [5.41, 5.74) is 5.70. The van der Waals surface area contributed by atoms with Crippen LogP contribution >= 0.6 is 0 Å². The SMILES string of the molecule is CCCNc1cc(N(CC)CCC#N)nc(N)n1. The fourth-order valence-corrected chi connectivity index (χ4v) is 1.58. The average Bonchev–Trinajstić information content (AvgIpc) is 2.37. The number of aromatic nitrogens is 2. The highest BCUT2D eigenvalue weighted by Crippen LogP contribution is 2.17. The number of rotatable bonds is 7. The number of anilines is 3. The van der Waals surface area contributed by atoms with Crippen LogP contribution in [0.5, 0.6) is 0 Å². The molecule has 0 saturated heterocycles. The van der Waals surface area contributed by atoms with Gasteiger partial charge in [-0.3, -0.25) is 0 Å². The first kappa shape index (κ1) is 14.0. The Kier molecular flexibility index (Phi) is 5.71. The zero-order valence-corrected chi connectivity index (χ0v) is 11.0. The number of nitriles is 1. The lowest BCUT2D eigenvalue weighted by Crippen LogP contribution is -2.25. The van der Waals surface area contributed by atoms with Crippen LogP contribution in [0.4, 0.5) is 17.6 Å². The van der Waals surface area contributed by atoms with E-state index in [-0.39, 0.29) is 5.95 Å². The van der Waals surface area contributed by atoms with Gasteiger partial charge in [-0.15, -0.1) is 0 Å². The standard InChI is InChI=1S/C12H20N6/c1-3-7-15-10-9-11(17-12(14)16-10)18(4-2)8-5-6-13/h9H,3-5,7-8H2,1-2H3,(H3,14,15,16,17). The summed E-state index contributed by atoms with van der Waals surface area (Å²) < 4.78 is 0. The van der Waals surface area contributed by atoms with Crippen molar-refractivity contribution in [3.05, 3.63) is 6.07 Å². The van der Waals surface area contributed by atoms with E-state index in [0.29, 0.717) is 13.0 Å². The number of nitrogens with zero attached hydrogens (tertiary/aromatic N) is 4. The molecule has 0 atom stereocenters. The van der Waals surface area contributed by atoms with Crippen LogP contribution in [0.3, 0.4) is 0 Å². The monoisotopic (exact) mass is 248 g/mol. The van der Waals surface area contributed by atoms with Crippen LogP contribution in [0, 0.1) is 11.3 Å². The lowest BCUT2D eigenvalue weighted by Gasteiger charge is -2.21. The lowest BCUT2D eigenvalue weighted by atomic mass is 10.3. The molecule has 0 spiro atoms. The zero-order chi connectivity index (χ0) is 13.4. The third-order valence-electron chi connectivity index (χ3n) is 2.49. The van der Waals surface area contributed by atoms with E-state index in [0.717, 1.165) is 31.1 Å². The van der Waals surface area contributed by atoms with Crippen molar-refractivity contribution < 1.29 is 0 Å². The average molecular weight is 248 g/mol. The second kappa shape index (κ2) is 7.33. The van der Waals surface area contributed by atoms with Crippen LogP contribution in [0.1, 0.15) is 26.7 Å². The quantitative estimate of drug-likeness (QED) is 0.762. The van der Waals surface area contributed by atoms with Gasteiger partial charge in [-0.2, -0.15) is 15.2 Å². The highest BCUT2D eigenvalue weighted by molar-refractivity contribution is 5.52. The minimum Gasteiger partial charge on any atom is -0.370 e. The van der Waals surface area contributed by atoms with Crippen LogP contribution in [0.2, 0.25) is 0 Å². The molecular weight excluding hydrogens is 228 g/mol. The Bertz CT molecular complexity index is 412. The summed E-state index contributed by atoms with van der Waals surface area (Å²) in [4.78, 5) is 10.4. The van der Waals surface area contributed by atoms with Crippen molar-refractivity contribution in [2.24, 2.45) is 0 Å². The Labute approximate surface area is 108 Å². The Hall–Kier alpha value is -2.03. The van der Waals surface area contributed by atoms with Gasteiger partial charge in [0.05, 0.1) is 12.5 Å². The Morgan fingerprint density at radius 2 is 2.22 bits per heavy atom. The number of hydrogen-bond donors (Lipinski definition) is 2. The van der Waals surface area contributed by atoms with Gasteiger partial charge in [-0.1, -0.05) is 6.92 Å². The van der Waals surface area contributed by atoms with E-state index in [9.17, 15) is 0 Å². The van der Waals surface area contributed by atoms with Crippen molar-refractivity contribution >= 4 is 17.6 Å². The molecule has 6 heteroatoms. The summed E-state index contributed by atoms with van der Waals surface area (Å²) >= 11 is 0. The van der Waals surface area contributed by atoms with Crippen molar-refractivity contribution in [2.45, 2.75) is 26.7 Å². The van der Waals surface area contributed by atoms with Gasteiger partial charge < -0.3 is 16.0 Å². The molecule has 1 rings (SSSR count). The predicted molar refractivity (Wildman–Crippen MR) is 73.3 cm³/mol. The van der Waals surface area contributed by atoms with Crippen LogP contribution < -0.4 is 16.0 Å². The molecule has 0 aromatic carbocycles. The van der Waals surface area contributed by atoms with Crippen molar-refractivity contribution in [3.8, 4) is 6.07 Å². The molecule has 18 heavy (non-hydrogen) atoms. The Balaban J connectivity index is 2.85. The van der Waals surface area contributed by atoms with E-state index in [1.807, 2.05) is 17.9 Å². The molecular formula is C12H20N6. The number of nitrogens with two attached hydrogens (primary N) is 1. The van der Waals surface area contributed by atoms with Crippen molar-refractivity contribution in [1.82, 2.24) is 9.97 Å². The van der Waals surface area contributed by atoms with Crippen molar-refractivity contribution in [1.29, 1.82) is 5.26 Å². The number of nitrogen functional groups attached to an aromatic ring is 1. The summed E-state index contributed by atoms with van der Waals surface area (Å²) in [5, 5.41) is 11.8. The van der Waals surface area contributed by atoms with Gasteiger partial charge in [0, 0.05) is 25.7 Å². The second-order valence-corrected chi connectivity index (χ2v) is 3.88. The minimum atomic E-state index is 0.251. The fourth-order valence-electron chi connectivity index (χ4n) is 1.58. The molecule has 0 bridgehead atoms. The second-order valence-electron chi connectivity index (χ2n) is 3.88. The first-order chi connectivity index (χ1) is 8.71. The predicted octanol–water partition coefficient (Wildman–Crippen LogP) is 1.62. The van der Waals surface area contributed by atoms with Gasteiger partial charge in [0.15, 0.2) is 0 Å². The van der Waals surface area contributed by atoms with Gasteiger partial charge in [0.25, 0.3) is 0 Å². The largest absolute Gasteiger partial charge is 0.370 e. The van der Waals surface area contributed by atoms with E-state index < -0.39 is 0 Å². The molecule has 0 aliphatic rings. The van der Waals surface area contributed by atoms with Gasteiger partial charge in [-0.25, -0.2) is 0 Å². The Morgan fingerprint density at radius 1 is 1.44 bits per heavy atom. The van der Waals surface area contributed by atoms with Gasteiger partial charge in [0.1, 0.15) is 11.6 Å². The van der Waals surface area contributed by atoms with Gasteiger partial charge in [-0.05, 0) is 13.3 Å². The van der Waals surface area contributed by atoms with Gasteiger partial charge >= 0.3 is 0 Å². The molecule has 0 radical (unpaired) electrons. The van der Waals surface area contributed by atoms with E-state index in [1.54, 1.807) is 0 Å². The molecule has 1 heterocycles. The van der Waals surface area contributed by atoms with Crippen LogP contribution in [-0.2, 0) is 0 Å². The van der Waals surface area contributed by atoms with E-state index in [4.69, 9.17) is 11.0 Å². The molecule has 1 aromatic rings. The molecule has 0 fully saturated rings. The highest BCUT2D eigenvalue weighted by atomic mass is 15.2. The third kappa shape index (κ3) is 4.09. The van der Waals surface area contributed by atoms with Crippen LogP contribution in [0.15, 0.2) is 6.07 Å². The summed E-state index contributed by atoms with van der Waals surface area (Å²) in [5.74, 6) is 1.75. The summed E-state index contributed by atoms with van der Waals surface area (Å²) in [6.07, 6.45) is 1.49. The number of nitrogens with one attached hydrogen (secondary N) is 1. The highest BCUT2D eigenvalue weighted by Gasteiger charge is 2.08. The Morgan fingerprint density at radius 3 is 2.83 bits per heavy atom. The minimum absolute atomic E-state index is 0.251. The summed E-state index contributed by atoms with van der Waals surface area (Å²) in [6.45, 7) is 6.39. The summed E-state index contributed by atoms with van der Waals surface area (Å²) in [7, 11) is 0. The van der Waals surface area contributed by atoms with E-state index in [1.165, 1.54) is 0 Å². The third-order valence-corrected chi connectivity index (χ3v) is 2.49. The molecule has 0 aliphatic heterocycles. The van der Waals surface area contributed by atoms with Gasteiger partial charge in [0.2, 0.25) is 5.95 Å². The van der Waals surface area contributed by atoms with Crippen molar-refractivity contribution in [3.63, 3.8) is 0 Å². The smallest absolute Gasteiger partial charge is 0.223 e. The van der Waals surface area contributed by atoms with Crippen LogP contribution in [0.25, 0.3) is 0 Å². The molecule has 3 N–H and O–H groups in total. The topological polar surface area (TPSA) is 90.9 Å². The summed E-state index contributed by atoms with van der Waals surface area (Å²) in [6, 6.07) is 4.00. The first-order valence-corrected chi connectivity index (χ1v) is 6.21.